The highest BCUT2D eigenvalue weighted by Crippen LogP contribution is 2.17. The van der Waals surface area contributed by atoms with Crippen LogP contribution in [0.3, 0.4) is 0 Å². The summed E-state index contributed by atoms with van der Waals surface area (Å²) in [7, 11) is 0. The monoisotopic (exact) mass is 478 g/mol. The molecule has 0 radical (unpaired) electrons. The van der Waals surface area contributed by atoms with Crippen LogP contribution in [-0.2, 0) is 30.8 Å². The summed E-state index contributed by atoms with van der Waals surface area (Å²) in [6, 6.07) is 21.3. The zero-order chi connectivity index (χ0) is 24.6. The topological polar surface area (TPSA) is 49.8 Å². The average Bonchev–Trinajstić information content (AvgIpc) is 3.51. The van der Waals surface area contributed by atoms with Gasteiger partial charge in [-0.05, 0) is 49.2 Å². The first kappa shape index (κ1) is 24.4. The molecule has 4 aromatic rings. The van der Waals surface area contributed by atoms with Crippen LogP contribution in [0.15, 0.2) is 87.9 Å². The fraction of sp³-hybridized carbons (Fsp3) is 0.250. The fourth-order valence-corrected chi connectivity index (χ4v) is 3.95. The lowest BCUT2D eigenvalue weighted by Gasteiger charge is -2.27. The van der Waals surface area contributed by atoms with Crippen molar-refractivity contribution in [2.45, 2.75) is 33.0 Å². The van der Waals surface area contributed by atoms with E-state index in [0.29, 0.717) is 31.0 Å². The van der Waals surface area contributed by atoms with Crippen molar-refractivity contribution >= 4 is 5.91 Å². The fourth-order valence-electron chi connectivity index (χ4n) is 3.95. The van der Waals surface area contributed by atoms with Crippen molar-refractivity contribution in [3.05, 3.63) is 119 Å². The smallest absolute Gasteiger partial charge is 0.237 e. The summed E-state index contributed by atoms with van der Waals surface area (Å²) in [6.45, 7) is 3.01. The van der Waals surface area contributed by atoms with E-state index >= 15 is 0 Å². The first-order chi connectivity index (χ1) is 17.0. The summed E-state index contributed by atoms with van der Waals surface area (Å²) in [5.74, 6) is 0.139. The molecule has 2 heterocycles. The van der Waals surface area contributed by atoms with Crippen LogP contribution in [0.2, 0.25) is 0 Å². The predicted octanol–water partition coefficient (Wildman–Crippen LogP) is 5.73. The van der Waals surface area contributed by atoms with Crippen molar-refractivity contribution in [2.24, 2.45) is 0 Å². The number of hydrogen-bond acceptors (Lipinski definition) is 4. The number of carbonyl (C=O) groups is 1. The molecule has 2 aromatic heterocycles. The van der Waals surface area contributed by atoms with Crippen molar-refractivity contribution in [3.63, 3.8) is 0 Å². The Morgan fingerprint density at radius 2 is 1.69 bits per heavy atom. The number of halogens is 2. The Balaban J connectivity index is 1.52. The molecule has 0 saturated carbocycles. The normalized spacial score (nSPS) is 11.2. The predicted molar refractivity (Wildman–Crippen MR) is 128 cm³/mol. The van der Waals surface area contributed by atoms with E-state index < -0.39 is 11.6 Å². The third kappa shape index (κ3) is 6.90. The molecule has 182 valence electrons. The maximum atomic E-state index is 14.4. The molecule has 0 atom stereocenters. The highest BCUT2D eigenvalue weighted by atomic mass is 19.2. The Morgan fingerprint density at radius 3 is 2.40 bits per heavy atom. The van der Waals surface area contributed by atoms with E-state index in [4.69, 9.17) is 8.83 Å². The van der Waals surface area contributed by atoms with Gasteiger partial charge >= 0.3 is 0 Å². The van der Waals surface area contributed by atoms with Gasteiger partial charge in [0.2, 0.25) is 5.91 Å². The molecule has 35 heavy (non-hydrogen) atoms. The van der Waals surface area contributed by atoms with Gasteiger partial charge in [-0.25, -0.2) is 8.78 Å². The molecule has 0 spiro atoms. The number of carbonyl (C=O) groups excluding carboxylic acids is 1. The lowest BCUT2D eigenvalue weighted by molar-refractivity contribution is -0.133. The number of hydrogen-bond donors (Lipinski definition) is 0. The Labute approximate surface area is 203 Å². The molecule has 0 aliphatic rings. The quantitative estimate of drug-likeness (QED) is 0.276. The van der Waals surface area contributed by atoms with Crippen LogP contribution >= 0.6 is 0 Å². The Morgan fingerprint density at radius 1 is 0.857 bits per heavy atom. The summed E-state index contributed by atoms with van der Waals surface area (Å²) >= 11 is 0. The highest BCUT2D eigenvalue weighted by molar-refractivity contribution is 5.78. The third-order valence-corrected chi connectivity index (χ3v) is 5.75. The second-order valence-electron chi connectivity index (χ2n) is 8.50. The van der Waals surface area contributed by atoms with Gasteiger partial charge in [0, 0.05) is 18.7 Å². The Kier molecular flexibility index (Phi) is 8.11. The van der Waals surface area contributed by atoms with Crippen molar-refractivity contribution in [2.75, 3.05) is 13.1 Å². The minimum atomic E-state index is -0.913. The van der Waals surface area contributed by atoms with Crippen molar-refractivity contribution < 1.29 is 22.4 Å². The number of amides is 1. The maximum absolute atomic E-state index is 14.4. The van der Waals surface area contributed by atoms with Gasteiger partial charge in [-0.3, -0.25) is 9.69 Å². The minimum absolute atomic E-state index is 0.00509. The standard InChI is InChI=1S/C28H28F2N2O3/c1-21-12-13-25(35-21)19-32(15-14-22-7-3-2-4-8-22)27(33)20-31(18-24-10-6-16-34-24)17-23-9-5-11-26(29)28(23)30/h2-13,16H,14-15,17-20H2,1H3. The van der Waals surface area contributed by atoms with E-state index in [1.165, 1.54) is 12.1 Å². The summed E-state index contributed by atoms with van der Waals surface area (Å²) in [5, 5.41) is 0. The summed E-state index contributed by atoms with van der Waals surface area (Å²) < 4.78 is 39.4. The molecule has 7 heteroatoms. The van der Waals surface area contributed by atoms with Gasteiger partial charge in [0.25, 0.3) is 0 Å². The number of benzene rings is 2. The molecule has 1 amide bonds. The van der Waals surface area contributed by atoms with Crippen molar-refractivity contribution in [3.8, 4) is 0 Å². The van der Waals surface area contributed by atoms with E-state index in [2.05, 4.69) is 0 Å². The third-order valence-electron chi connectivity index (χ3n) is 5.75. The number of furan rings is 2. The van der Waals surface area contributed by atoms with Gasteiger partial charge in [0.05, 0.1) is 25.9 Å². The van der Waals surface area contributed by atoms with Crippen LogP contribution in [0.4, 0.5) is 8.78 Å². The van der Waals surface area contributed by atoms with Crippen LogP contribution in [0.25, 0.3) is 0 Å². The van der Waals surface area contributed by atoms with Crippen LogP contribution in [-0.4, -0.2) is 28.8 Å². The number of nitrogens with zero attached hydrogens (tertiary/aromatic N) is 2. The zero-order valence-electron chi connectivity index (χ0n) is 19.6. The second-order valence-corrected chi connectivity index (χ2v) is 8.50. The van der Waals surface area contributed by atoms with Crippen LogP contribution in [0, 0.1) is 18.6 Å². The van der Waals surface area contributed by atoms with Gasteiger partial charge < -0.3 is 13.7 Å². The first-order valence-corrected chi connectivity index (χ1v) is 11.5. The lowest BCUT2D eigenvalue weighted by atomic mass is 10.1. The molecular weight excluding hydrogens is 450 g/mol. The van der Waals surface area contributed by atoms with Gasteiger partial charge in [-0.1, -0.05) is 42.5 Å². The molecule has 4 rings (SSSR count). The molecule has 0 aliphatic heterocycles. The van der Waals surface area contributed by atoms with Crippen LogP contribution in [0.1, 0.15) is 28.4 Å². The number of rotatable bonds is 11. The molecule has 0 unspecified atom stereocenters. The van der Waals surface area contributed by atoms with Crippen LogP contribution < -0.4 is 0 Å². The van der Waals surface area contributed by atoms with Gasteiger partial charge in [0.15, 0.2) is 11.6 Å². The maximum Gasteiger partial charge on any atom is 0.237 e. The largest absolute Gasteiger partial charge is 0.468 e. The Hall–Kier alpha value is -3.71. The molecule has 2 aromatic carbocycles. The molecule has 0 aliphatic carbocycles. The lowest BCUT2D eigenvalue weighted by Crippen LogP contribution is -2.40. The molecule has 0 saturated heterocycles. The molecule has 0 N–H and O–H groups in total. The summed E-state index contributed by atoms with van der Waals surface area (Å²) in [6.07, 6.45) is 2.23. The van der Waals surface area contributed by atoms with Crippen molar-refractivity contribution in [1.82, 2.24) is 9.80 Å². The molecule has 5 nitrogen and oxygen atoms in total. The number of aryl methyl sites for hydroxylation is 1. The molecule has 0 bridgehead atoms. The molecular formula is C28H28F2N2O3. The Bertz CT molecular complexity index is 1220. The average molecular weight is 479 g/mol. The van der Waals surface area contributed by atoms with Gasteiger partial charge in [-0.15, -0.1) is 0 Å². The van der Waals surface area contributed by atoms with E-state index in [9.17, 15) is 13.6 Å². The summed E-state index contributed by atoms with van der Waals surface area (Å²) in [5.41, 5.74) is 1.30. The van der Waals surface area contributed by atoms with Crippen molar-refractivity contribution in [1.29, 1.82) is 0 Å². The van der Waals surface area contributed by atoms with Gasteiger partial charge in [-0.2, -0.15) is 0 Å². The van der Waals surface area contributed by atoms with E-state index in [0.717, 1.165) is 17.4 Å². The second kappa shape index (κ2) is 11.6. The van der Waals surface area contributed by atoms with E-state index in [-0.39, 0.29) is 31.1 Å². The molecule has 0 fully saturated rings. The first-order valence-electron chi connectivity index (χ1n) is 11.5. The van der Waals surface area contributed by atoms with Gasteiger partial charge in [0.1, 0.15) is 17.3 Å². The van der Waals surface area contributed by atoms with Crippen LogP contribution in [0.5, 0.6) is 0 Å². The summed E-state index contributed by atoms with van der Waals surface area (Å²) in [4.78, 5) is 17.0. The zero-order valence-corrected chi connectivity index (χ0v) is 19.6. The minimum Gasteiger partial charge on any atom is -0.468 e. The SMILES string of the molecule is Cc1ccc(CN(CCc2ccccc2)C(=O)CN(Cc2ccco2)Cc2cccc(F)c2F)o1. The van der Waals surface area contributed by atoms with E-state index in [1.807, 2.05) is 49.4 Å². The highest BCUT2D eigenvalue weighted by Gasteiger charge is 2.22. The van der Waals surface area contributed by atoms with E-state index in [1.54, 1.807) is 28.2 Å².